The first kappa shape index (κ1) is 21.0. The number of ether oxygens (including phenoxy) is 1. The van der Waals surface area contributed by atoms with Crippen LogP contribution in [0.5, 0.6) is 5.75 Å². The molecule has 0 atom stereocenters. The Kier molecular flexibility index (Phi) is 5.80. The SMILES string of the molecule is CS(=O)(=O)N1CCC(COc2ccc(CN3Cc4ccccc4C3)cc2C2CC2)CC1. The Morgan fingerprint density at radius 3 is 2.26 bits per heavy atom. The van der Waals surface area contributed by atoms with Crippen molar-refractivity contribution in [2.24, 2.45) is 5.92 Å². The number of piperidine rings is 1. The van der Waals surface area contributed by atoms with Gasteiger partial charge in [0.2, 0.25) is 10.0 Å². The molecule has 2 fully saturated rings. The Balaban J connectivity index is 1.20. The molecule has 2 aliphatic heterocycles. The molecule has 6 heteroatoms. The van der Waals surface area contributed by atoms with Crippen LogP contribution in [0.2, 0.25) is 0 Å². The van der Waals surface area contributed by atoms with Crippen LogP contribution in [-0.2, 0) is 29.7 Å². The fourth-order valence-corrected chi connectivity index (χ4v) is 5.80. The molecule has 1 saturated heterocycles. The van der Waals surface area contributed by atoms with Crippen molar-refractivity contribution in [2.45, 2.75) is 51.2 Å². The molecule has 0 aromatic heterocycles. The van der Waals surface area contributed by atoms with E-state index < -0.39 is 10.0 Å². The second-order valence-electron chi connectivity index (χ2n) is 9.48. The molecule has 2 aromatic rings. The van der Waals surface area contributed by atoms with E-state index in [1.54, 1.807) is 4.31 Å². The summed E-state index contributed by atoms with van der Waals surface area (Å²) >= 11 is 0. The summed E-state index contributed by atoms with van der Waals surface area (Å²) in [5.74, 6) is 2.09. The van der Waals surface area contributed by atoms with Gasteiger partial charge in [0.15, 0.2) is 0 Å². The van der Waals surface area contributed by atoms with Crippen LogP contribution in [0.15, 0.2) is 42.5 Å². The third-order valence-corrected chi connectivity index (χ3v) is 8.22. The molecule has 166 valence electrons. The summed E-state index contributed by atoms with van der Waals surface area (Å²) in [4.78, 5) is 2.51. The molecule has 0 amide bonds. The Morgan fingerprint density at radius 2 is 1.65 bits per heavy atom. The van der Waals surface area contributed by atoms with E-state index in [2.05, 4.69) is 47.4 Å². The number of fused-ring (bicyclic) bond motifs is 1. The van der Waals surface area contributed by atoms with Gasteiger partial charge in [-0.05, 0) is 65.8 Å². The van der Waals surface area contributed by atoms with Crippen LogP contribution in [0.1, 0.15) is 53.9 Å². The average Bonchev–Trinajstić information content (AvgIpc) is 3.52. The van der Waals surface area contributed by atoms with Crippen LogP contribution in [0.25, 0.3) is 0 Å². The van der Waals surface area contributed by atoms with Gasteiger partial charge in [-0.1, -0.05) is 36.4 Å². The van der Waals surface area contributed by atoms with E-state index in [0.717, 1.165) is 38.2 Å². The maximum atomic E-state index is 11.7. The molecule has 2 heterocycles. The van der Waals surface area contributed by atoms with Crippen molar-refractivity contribution in [3.63, 3.8) is 0 Å². The van der Waals surface area contributed by atoms with Crippen molar-refractivity contribution in [1.29, 1.82) is 0 Å². The molecule has 0 spiro atoms. The standard InChI is InChI=1S/C25H32N2O3S/c1-31(28,29)27-12-10-19(11-13-27)18-30-25-9-6-20(14-24(25)21-7-8-21)15-26-16-22-4-2-3-5-23(22)17-26/h2-6,9,14,19,21H,7-8,10-13,15-18H2,1H3. The summed E-state index contributed by atoms with van der Waals surface area (Å²) < 4.78 is 31.3. The number of rotatable bonds is 7. The summed E-state index contributed by atoms with van der Waals surface area (Å²) in [5.41, 5.74) is 5.63. The first-order chi connectivity index (χ1) is 15.0. The van der Waals surface area contributed by atoms with Crippen molar-refractivity contribution in [3.8, 4) is 5.75 Å². The van der Waals surface area contributed by atoms with E-state index in [-0.39, 0.29) is 0 Å². The monoisotopic (exact) mass is 440 g/mol. The van der Waals surface area contributed by atoms with Gasteiger partial charge in [-0.3, -0.25) is 4.90 Å². The molecule has 3 aliphatic rings. The molecule has 0 N–H and O–H groups in total. The Hall–Kier alpha value is -1.89. The van der Waals surface area contributed by atoms with Gasteiger partial charge in [0, 0.05) is 32.7 Å². The fraction of sp³-hybridized carbons (Fsp3) is 0.520. The van der Waals surface area contributed by atoms with E-state index in [9.17, 15) is 8.42 Å². The zero-order valence-corrected chi connectivity index (χ0v) is 19.1. The van der Waals surface area contributed by atoms with Gasteiger partial charge < -0.3 is 4.74 Å². The van der Waals surface area contributed by atoms with Gasteiger partial charge in [0.1, 0.15) is 5.75 Å². The van der Waals surface area contributed by atoms with Gasteiger partial charge in [-0.15, -0.1) is 0 Å². The Morgan fingerprint density at radius 1 is 0.968 bits per heavy atom. The molecule has 5 rings (SSSR count). The molecule has 5 nitrogen and oxygen atoms in total. The minimum Gasteiger partial charge on any atom is -0.493 e. The summed E-state index contributed by atoms with van der Waals surface area (Å²) in [7, 11) is -3.07. The topological polar surface area (TPSA) is 49.9 Å². The number of benzene rings is 2. The van der Waals surface area contributed by atoms with E-state index in [0.29, 0.717) is 31.5 Å². The van der Waals surface area contributed by atoms with Crippen molar-refractivity contribution in [1.82, 2.24) is 9.21 Å². The summed E-state index contributed by atoms with van der Waals surface area (Å²) in [6, 6.07) is 15.5. The molecule has 31 heavy (non-hydrogen) atoms. The molecule has 1 aliphatic carbocycles. The number of sulfonamides is 1. The normalized spacial score (nSPS) is 20.7. The summed E-state index contributed by atoms with van der Waals surface area (Å²) in [5, 5.41) is 0. The zero-order chi connectivity index (χ0) is 21.4. The summed E-state index contributed by atoms with van der Waals surface area (Å²) in [6.07, 6.45) is 5.55. The lowest BCUT2D eigenvalue weighted by atomic mass is 9.99. The highest BCUT2D eigenvalue weighted by atomic mass is 32.2. The molecule has 0 bridgehead atoms. The minimum absolute atomic E-state index is 0.424. The smallest absolute Gasteiger partial charge is 0.211 e. The fourth-order valence-electron chi connectivity index (χ4n) is 4.93. The van der Waals surface area contributed by atoms with E-state index in [1.807, 2.05) is 0 Å². The first-order valence-corrected chi connectivity index (χ1v) is 13.3. The van der Waals surface area contributed by atoms with Crippen LogP contribution in [0, 0.1) is 5.92 Å². The third kappa shape index (κ3) is 4.97. The van der Waals surface area contributed by atoms with Crippen molar-refractivity contribution >= 4 is 10.0 Å². The minimum atomic E-state index is -3.07. The lowest BCUT2D eigenvalue weighted by molar-refractivity contribution is 0.184. The second kappa shape index (κ2) is 8.57. The van der Waals surface area contributed by atoms with Gasteiger partial charge in [0.25, 0.3) is 0 Å². The van der Waals surface area contributed by atoms with Crippen LogP contribution in [-0.4, -0.2) is 43.6 Å². The summed E-state index contributed by atoms with van der Waals surface area (Å²) in [6.45, 7) is 4.93. The predicted octanol–water partition coefficient (Wildman–Crippen LogP) is 4.13. The first-order valence-electron chi connectivity index (χ1n) is 11.5. The highest BCUT2D eigenvalue weighted by Gasteiger charge is 2.29. The number of hydrogen-bond acceptors (Lipinski definition) is 4. The van der Waals surface area contributed by atoms with Crippen LogP contribution in [0.3, 0.4) is 0 Å². The molecule has 0 radical (unpaired) electrons. The highest BCUT2D eigenvalue weighted by molar-refractivity contribution is 7.88. The largest absolute Gasteiger partial charge is 0.493 e. The number of hydrogen-bond donors (Lipinski definition) is 0. The lowest BCUT2D eigenvalue weighted by Gasteiger charge is -2.30. The van der Waals surface area contributed by atoms with E-state index >= 15 is 0 Å². The Bertz CT molecular complexity index is 1020. The van der Waals surface area contributed by atoms with Gasteiger partial charge in [-0.25, -0.2) is 12.7 Å². The van der Waals surface area contributed by atoms with Gasteiger partial charge >= 0.3 is 0 Å². The van der Waals surface area contributed by atoms with Crippen molar-refractivity contribution in [2.75, 3.05) is 26.0 Å². The maximum Gasteiger partial charge on any atom is 0.211 e. The molecular weight excluding hydrogens is 408 g/mol. The second-order valence-corrected chi connectivity index (χ2v) is 11.5. The molecule has 2 aromatic carbocycles. The van der Waals surface area contributed by atoms with Crippen molar-refractivity contribution in [3.05, 3.63) is 64.7 Å². The van der Waals surface area contributed by atoms with E-state index in [4.69, 9.17) is 4.74 Å². The average molecular weight is 441 g/mol. The third-order valence-electron chi connectivity index (χ3n) is 6.92. The van der Waals surface area contributed by atoms with Gasteiger partial charge in [0.05, 0.1) is 12.9 Å². The van der Waals surface area contributed by atoms with Crippen LogP contribution in [0.4, 0.5) is 0 Å². The Labute approximate surface area is 186 Å². The lowest BCUT2D eigenvalue weighted by Crippen LogP contribution is -2.39. The van der Waals surface area contributed by atoms with Crippen LogP contribution < -0.4 is 4.74 Å². The molecule has 1 saturated carbocycles. The number of nitrogens with zero attached hydrogens (tertiary/aromatic N) is 2. The molecular formula is C25H32N2O3S. The van der Waals surface area contributed by atoms with Gasteiger partial charge in [-0.2, -0.15) is 0 Å². The van der Waals surface area contributed by atoms with E-state index in [1.165, 1.54) is 41.4 Å². The van der Waals surface area contributed by atoms with Crippen LogP contribution >= 0.6 is 0 Å². The zero-order valence-electron chi connectivity index (χ0n) is 18.3. The predicted molar refractivity (Wildman–Crippen MR) is 122 cm³/mol. The quantitative estimate of drug-likeness (QED) is 0.650. The highest BCUT2D eigenvalue weighted by Crippen LogP contribution is 2.45. The maximum absolute atomic E-state index is 11.7. The molecule has 0 unspecified atom stereocenters. The van der Waals surface area contributed by atoms with Crippen molar-refractivity contribution < 1.29 is 13.2 Å².